The summed E-state index contributed by atoms with van der Waals surface area (Å²) in [5.41, 5.74) is 1.04. The highest BCUT2D eigenvalue weighted by Crippen LogP contribution is 2.25. The average Bonchev–Trinajstić information content (AvgIpc) is 2.36. The number of carbonyl (C=O) groups is 3. The molecule has 1 aliphatic rings. The highest BCUT2D eigenvalue weighted by atomic mass is 16.2. The van der Waals surface area contributed by atoms with E-state index < -0.39 is 5.92 Å². The number of carbonyl (C=O) groups excluding carboxylic acids is 3. The molecule has 0 heterocycles. The van der Waals surface area contributed by atoms with Crippen LogP contribution in [0.4, 0.5) is 0 Å². The maximum atomic E-state index is 11.8. The third-order valence-electron chi connectivity index (χ3n) is 3.34. The van der Waals surface area contributed by atoms with Crippen LogP contribution in [0.2, 0.25) is 0 Å². The number of benzene rings is 1. The van der Waals surface area contributed by atoms with Gasteiger partial charge in [-0.15, -0.1) is 0 Å². The molecule has 1 fully saturated rings. The molecule has 1 saturated carbocycles. The Hall–Kier alpha value is -2.03. The zero-order chi connectivity index (χ0) is 13.8. The molecule has 0 N–H and O–H groups in total. The van der Waals surface area contributed by atoms with Crippen molar-refractivity contribution in [3.63, 3.8) is 0 Å². The molecule has 2 rings (SSSR count). The Bertz CT molecular complexity index is 510. The van der Waals surface area contributed by atoms with Crippen molar-refractivity contribution in [1.29, 1.82) is 0 Å². The van der Waals surface area contributed by atoms with E-state index in [1.54, 1.807) is 0 Å². The summed E-state index contributed by atoms with van der Waals surface area (Å²) in [4.78, 5) is 34.8. The van der Waals surface area contributed by atoms with E-state index in [1.807, 2.05) is 42.5 Å². The second-order valence-electron chi connectivity index (χ2n) is 4.91. The minimum absolute atomic E-state index is 0.0872. The van der Waals surface area contributed by atoms with Crippen molar-refractivity contribution in [2.45, 2.75) is 19.8 Å². The van der Waals surface area contributed by atoms with Gasteiger partial charge in [0.1, 0.15) is 11.7 Å². The fraction of sp³-hybridized carbons (Fsp3) is 0.312. The van der Waals surface area contributed by atoms with E-state index in [0.29, 0.717) is 0 Å². The van der Waals surface area contributed by atoms with Crippen molar-refractivity contribution in [2.24, 2.45) is 11.8 Å². The molecule has 1 aromatic rings. The van der Waals surface area contributed by atoms with E-state index in [9.17, 15) is 14.4 Å². The second-order valence-corrected chi connectivity index (χ2v) is 4.91. The van der Waals surface area contributed by atoms with Crippen LogP contribution in [0.15, 0.2) is 36.4 Å². The summed E-state index contributed by atoms with van der Waals surface area (Å²) < 4.78 is 0. The molecule has 1 aliphatic carbocycles. The highest BCUT2D eigenvalue weighted by Gasteiger charge is 2.37. The Kier molecular flexibility index (Phi) is 4.05. The van der Waals surface area contributed by atoms with Crippen LogP contribution in [0.25, 0.3) is 6.08 Å². The standard InChI is InChI=1S/C16H16O3/c1-11(17)16-14(18)9-13(10-15(16)19)8-7-12-5-3-2-4-6-12/h2-8,13,16H,9-10H2,1H3/b8-7+. The topological polar surface area (TPSA) is 51.2 Å². The van der Waals surface area contributed by atoms with Crippen LogP contribution in [-0.4, -0.2) is 17.3 Å². The molecule has 3 heteroatoms. The van der Waals surface area contributed by atoms with Crippen molar-refractivity contribution >= 4 is 23.4 Å². The number of hydrogen-bond donors (Lipinski definition) is 0. The van der Waals surface area contributed by atoms with Crippen molar-refractivity contribution in [3.8, 4) is 0 Å². The SMILES string of the molecule is CC(=O)C1C(=O)CC(/C=C/c2ccccc2)CC1=O. The van der Waals surface area contributed by atoms with Gasteiger partial charge in [-0.3, -0.25) is 14.4 Å². The van der Waals surface area contributed by atoms with Crippen LogP contribution in [0, 0.1) is 11.8 Å². The summed E-state index contributed by atoms with van der Waals surface area (Å²) in [7, 11) is 0. The molecule has 0 spiro atoms. The quantitative estimate of drug-likeness (QED) is 0.780. The van der Waals surface area contributed by atoms with Gasteiger partial charge in [-0.05, 0) is 18.4 Å². The van der Waals surface area contributed by atoms with Crippen molar-refractivity contribution in [1.82, 2.24) is 0 Å². The maximum Gasteiger partial charge on any atom is 0.151 e. The van der Waals surface area contributed by atoms with Gasteiger partial charge < -0.3 is 0 Å². The summed E-state index contributed by atoms with van der Waals surface area (Å²) >= 11 is 0. The van der Waals surface area contributed by atoms with Crippen LogP contribution in [0.1, 0.15) is 25.3 Å². The molecule has 19 heavy (non-hydrogen) atoms. The summed E-state index contributed by atoms with van der Waals surface area (Å²) in [5.74, 6) is -1.92. The maximum absolute atomic E-state index is 11.8. The summed E-state index contributed by atoms with van der Waals surface area (Å²) in [5, 5.41) is 0. The smallest absolute Gasteiger partial charge is 0.151 e. The summed E-state index contributed by atoms with van der Waals surface area (Å²) in [6.45, 7) is 1.31. The number of Topliss-reactive ketones (excluding diaryl/α,β-unsaturated/α-hetero) is 3. The van der Waals surface area contributed by atoms with Crippen molar-refractivity contribution in [2.75, 3.05) is 0 Å². The summed E-state index contributed by atoms with van der Waals surface area (Å²) in [6, 6.07) is 9.72. The van der Waals surface area contributed by atoms with Gasteiger partial charge in [-0.25, -0.2) is 0 Å². The van der Waals surface area contributed by atoms with Gasteiger partial charge in [0.25, 0.3) is 0 Å². The average molecular weight is 256 g/mol. The molecule has 98 valence electrons. The van der Waals surface area contributed by atoms with Gasteiger partial charge in [-0.1, -0.05) is 42.5 Å². The molecule has 0 atom stereocenters. The third-order valence-corrected chi connectivity index (χ3v) is 3.34. The molecule has 0 aliphatic heterocycles. The van der Waals surface area contributed by atoms with Gasteiger partial charge in [0.2, 0.25) is 0 Å². The molecule has 0 unspecified atom stereocenters. The van der Waals surface area contributed by atoms with Crippen LogP contribution in [0.3, 0.4) is 0 Å². The molecule has 0 aromatic heterocycles. The Balaban J connectivity index is 2.05. The first kappa shape index (κ1) is 13.4. The first-order valence-electron chi connectivity index (χ1n) is 6.37. The molecule has 1 aromatic carbocycles. The van der Waals surface area contributed by atoms with Crippen LogP contribution in [-0.2, 0) is 14.4 Å². The Morgan fingerprint density at radius 3 is 2.21 bits per heavy atom. The van der Waals surface area contributed by atoms with Gasteiger partial charge >= 0.3 is 0 Å². The fourth-order valence-electron chi connectivity index (χ4n) is 2.41. The van der Waals surface area contributed by atoms with Crippen molar-refractivity contribution in [3.05, 3.63) is 42.0 Å². The Morgan fingerprint density at radius 1 is 1.11 bits per heavy atom. The predicted octanol–water partition coefficient (Wildman–Crippen LogP) is 2.45. The molecule has 0 saturated heterocycles. The number of hydrogen-bond acceptors (Lipinski definition) is 3. The van der Waals surface area contributed by atoms with Gasteiger partial charge in [0, 0.05) is 12.8 Å². The molecule has 0 radical (unpaired) electrons. The molecule has 0 amide bonds. The molecular weight excluding hydrogens is 240 g/mol. The van der Waals surface area contributed by atoms with Crippen LogP contribution < -0.4 is 0 Å². The van der Waals surface area contributed by atoms with Gasteiger partial charge in [0.15, 0.2) is 11.6 Å². The fourth-order valence-corrected chi connectivity index (χ4v) is 2.41. The van der Waals surface area contributed by atoms with Crippen molar-refractivity contribution < 1.29 is 14.4 Å². The second kappa shape index (κ2) is 5.74. The lowest BCUT2D eigenvalue weighted by Gasteiger charge is -2.22. The predicted molar refractivity (Wildman–Crippen MR) is 72.4 cm³/mol. The summed E-state index contributed by atoms with van der Waals surface area (Å²) in [6.07, 6.45) is 4.36. The highest BCUT2D eigenvalue weighted by molar-refractivity contribution is 6.20. The first-order valence-corrected chi connectivity index (χ1v) is 6.37. The lowest BCUT2D eigenvalue weighted by molar-refractivity contribution is -0.142. The van der Waals surface area contributed by atoms with Gasteiger partial charge in [0.05, 0.1) is 0 Å². The van der Waals surface area contributed by atoms with Crippen LogP contribution >= 0.6 is 0 Å². The van der Waals surface area contributed by atoms with E-state index >= 15 is 0 Å². The van der Waals surface area contributed by atoms with Gasteiger partial charge in [-0.2, -0.15) is 0 Å². The zero-order valence-electron chi connectivity index (χ0n) is 10.8. The lowest BCUT2D eigenvalue weighted by atomic mass is 9.78. The third kappa shape index (κ3) is 3.25. The first-order chi connectivity index (χ1) is 9.08. The Labute approximate surface area is 112 Å². The van der Waals surface area contributed by atoms with E-state index in [0.717, 1.165) is 5.56 Å². The monoisotopic (exact) mass is 256 g/mol. The number of rotatable bonds is 3. The van der Waals surface area contributed by atoms with Crippen LogP contribution in [0.5, 0.6) is 0 Å². The molecule has 3 nitrogen and oxygen atoms in total. The Morgan fingerprint density at radius 2 is 1.68 bits per heavy atom. The zero-order valence-corrected chi connectivity index (χ0v) is 10.8. The minimum Gasteiger partial charge on any atom is -0.299 e. The molecule has 0 bridgehead atoms. The molecular formula is C16H16O3. The largest absolute Gasteiger partial charge is 0.299 e. The minimum atomic E-state index is -1.01. The van der Waals surface area contributed by atoms with E-state index in [1.165, 1.54) is 6.92 Å². The number of ketones is 3. The normalized spacial score (nSPS) is 23.8. The van der Waals surface area contributed by atoms with E-state index in [-0.39, 0.29) is 36.1 Å². The number of allylic oxidation sites excluding steroid dienone is 1. The van der Waals surface area contributed by atoms with E-state index in [4.69, 9.17) is 0 Å². The lowest BCUT2D eigenvalue weighted by Crippen LogP contribution is -2.37. The van der Waals surface area contributed by atoms with E-state index in [2.05, 4.69) is 0 Å².